The van der Waals surface area contributed by atoms with Gasteiger partial charge in [0.25, 0.3) is 0 Å². The minimum Gasteiger partial charge on any atom is -0.496 e. The molecule has 0 aliphatic heterocycles. The Hall–Kier alpha value is -2.73. The number of nitrogens with zero attached hydrogens (tertiary/aromatic N) is 3. The minimum absolute atomic E-state index is 0.290. The second kappa shape index (κ2) is 7.90. The normalized spacial score (nSPS) is 10.6. The van der Waals surface area contributed by atoms with Gasteiger partial charge in [0.15, 0.2) is 0 Å². The number of methoxy groups -OCH3 is 1. The van der Waals surface area contributed by atoms with Crippen LogP contribution in [0, 0.1) is 0 Å². The lowest BCUT2D eigenvalue weighted by Gasteiger charge is -2.13. The zero-order valence-electron chi connectivity index (χ0n) is 13.8. The molecule has 130 valence electrons. The standard InChI is InChI=1S/C18H18ClN3O3/c1-24-17-13-16(21-7-2-3-8-21)15(19)12-14(17)18(23)25-11-5-10-22-9-4-6-20-22/h2-4,6-9,12-13H,5,10-11H2,1H3. The molecule has 6 nitrogen and oxygen atoms in total. The summed E-state index contributed by atoms with van der Waals surface area (Å²) in [4.78, 5) is 12.3. The highest BCUT2D eigenvalue weighted by Crippen LogP contribution is 2.30. The average molecular weight is 360 g/mol. The van der Waals surface area contributed by atoms with Crippen molar-refractivity contribution in [1.82, 2.24) is 14.3 Å². The van der Waals surface area contributed by atoms with Crippen molar-refractivity contribution in [3.63, 3.8) is 0 Å². The lowest BCUT2D eigenvalue weighted by atomic mass is 10.1. The number of hydrogen-bond donors (Lipinski definition) is 0. The minimum atomic E-state index is -0.460. The monoisotopic (exact) mass is 359 g/mol. The van der Waals surface area contributed by atoms with Crippen LogP contribution in [-0.2, 0) is 11.3 Å². The number of hydrogen-bond acceptors (Lipinski definition) is 4. The largest absolute Gasteiger partial charge is 0.496 e. The first-order chi connectivity index (χ1) is 12.2. The van der Waals surface area contributed by atoms with Crippen molar-refractivity contribution in [1.29, 1.82) is 0 Å². The molecule has 0 radical (unpaired) electrons. The smallest absolute Gasteiger partial charge is 0.341 e. The number of rotatable bonds is 7. The Morgan fingerprint density at radius 2 is 2.00 bits per heavy atom. The molecule has 7 heteroatoms. The summed E-state index contributed by atoms with van der Waals surface area (Å²) in [5.74, 6) is -0.0385. The first-order valence-electron chi connectivity index (χ1n) is 7.84. The summed E-state index contributed by atoms with van der Waals surface area (Å²) in [5, 5.41) is 4.55. The third kappa shape index (κ3) is 4.03. The molecule has 0 aliphatic carbocycles. The van der Waals surface area contributed by atoms with Gasteiger partial charge in [-0.25, -0.2) is 4.79 Å². The van der Waals surface area contributed by atoms with Crippen LogP contribution in [0.25, 0.3) is 5.69 Å². The summed E-state index contributed by atoms with van der Waals surface area (Å²) in [6.45, 7) is 0.976. The van der Waals surface area contributed by atoms with Crippen LogP contribution in [0.1, 0.15) is 16.8 Å². The van der Waals surface area contributed by atoms with E-state index in [9.17, 15) is 4.79 Å². The average Bonchev–Trinajstić information content (AvgIpc) is 3.32. The van der Waals surface area contributed by atoms with Crippen molar-refractivity contribution in [3.05, 3.63) is 65.7 Å². The lowest BCUT2D eigenvalue weighted by molar-refractivity contribution is 0.0491. The van der Waals surface area contributed by atoms with E-state index in [-0.39, 0.29) is 0 Å². The Morgan fingerprint density at radius 1 is 1.20 bits per heavy atom. The Kier molecular flexibility index (Phi) is 5.40. The van der Waals surface area contributed by atoms with Gasteiger partial charge in [0.1, 0.15) is 11.3 Å². The summed E-state index contributed by atoms with van der Waals surface area (Å²) in [5.41, 5.74) is 1.04. The molecule has 0 aliphatic rings. The molecule has 2 aromatic heterocycles. The first kappa shape index (κ1) is 17.1. The topological polar surface area (TPSA) is 58.3 Å². The summed E-state index contributed by atoms with van der Waals surface area (Å²) < 4.78 is 14.3. The summed E-state index contributed by atoms with van der Waals surface area (Å²) in [6.07, 6.45) is 7.99. The van der Waals surface area contributed by atoms with Crippen LogP contribution in [0.15, 0.2) is 55.1 Å². The highest BCUT2D eigenvalue weighted by atomic mass is 35.5. The van der Waals surface area contributed by atoms with E-state index < -0.39 is 5.97 Å². The number of aryl methyl sites for hydroxylation is 1. The van der Waals surface area contributed by atoms with Gasteiger partial charge < -0.3 is 14.0 Å². The van der Waals surface area contributed by atoms with Crippen molar-refractivity contribution in [3.8, 4) is 11.4 Å². The number of ether oxygens (including phenoxy) is 2. The van der Waals surface area contributed by atoms with E-state index in [0.29, 0.717) is 35.9 Å². The first-order valence-corrected chi connectivity index (χ1v) is 8.22. The second-order valence-corrected chi connectivity index (χ2v) is 5.76. The third-order valence-electron chi connectivity index (χ3n) is 3.70. The Bertz CT molecular complexity index is 830. The molecule has 0 unspecified atom stereocenters. The number of halogens is 1. The van der Waals surface area contributed by atoms with Crippen LogP contribution in [0.2, 0.25) is 5.02 Å². The predicted octanol–water partition coefficient (Wildman–Crippen LogP) is 3.58. The van der Waals surface area contributed by atoms with Crippen LogP contribution in [0.5, 0.6) is 5.75 Å². The van der Waals surface area contributed by atoms with E-state index in [1.54, 1.807) is 23.0 Å². The van der Waals surface area contributed by atoms with Gasteiger partial charge in [0, 0.05) is 43.8 Å². The highest BCUT2D eigenvalue weighted by molar-refractivity contribution is 6.32. The van der Waals surface area contributed by atoms with E-state index in [1.807, 2.05) is 41.4 Å². The number of carbonyl (C=O) groups is 1. The maximum atomic E-state index is 12.3. The zero-order valence-corrected chi connectivity index (χ0v) is 14.5. The van der Waals surface area contributed by atoms with Crippen LogP contribution in [0.4, 0.5) is 0 Å². The lowest BCUT2D eigenvalue weighted by Crippen LogP contribution is -2.11. The summed E-state index contributed by atoms with van der Waals surface area (Å²) >= 11 is 6.33. The molecule has 3 aromatic rings. The molecule has 0 spiro atoms. The predicted molar refractivity (Wildman–Crippen MR) is 94.5 cm³/mol. The van der Waals surface area contributed by atoms with Gasteiger partial charge in [-0.2, -0.15) is 5.10 Å². The molecule has 3 rings (SSSR count). The summed E-state index contributed by atoms with van der Waals surface area (Å²) in [7, 11) is 1.51. The molecule has 0 amide bonds. The van der Waals surface area contributed by atoms with Gasteiger partial charge in [-0.3, -0.25) is 4.68 Å². The number of aromatic nitrogens is 3. The maximum absolute atomic E-state index is 12.3. The molecular formula is C18H18ClN3O3. The van der Waals surface area contributed by atoms with Crippen LogP contribution >= 0.6 is 11.6 Å². The summed E-state index contributed by atoms with van der Waals surface area (Å²) in [6, 6.07) is 8.94. The molecule has 25 heavy (non-hydrogen) atoms. The van der Waals surface area contributed by atoms with E-state index in [1.165, 1.54) is 7.11 Å². The van der Waals surface area contributed by atoms with Crippen LogP contribution in [0.3, 0.4) is 0 Å². The van der Waals surface area contributed by atoms with Gasteiger partial charge >= 0.3 is 5.97 Å². The molecule has 0 bridgehead atoms. The van der Waals surface area contributed by atoms with Crippen molar-refractivity contribution < 1.29 is 14.3 Å². The van der Waals surface area contributed by atoms with E-state index in [2.05, 4.69) is 5.10 Å². The highest BCUT2D eigenvalue weighted by Gasteiger charge is 2.17. The quantitative estimate of drug-likeness (QED) is 0.478. The van der Waals surface area contributed by atoms with Gasteiger partial charge in [-0.15, -0.1) is 0 Å². The van der Waals surface area contributed by atoms with Crippen LogP contribution in [-0.4, -0.2) is 34.0 Å². The fourth-order valence-electron chi connectivity index (χ4n) is 2.47. The third-order valence-corrected chi connectivity index (χ3v) is 4.00. The Balaban J connectivity index is 1.68. The van der Waals surface area contributed by atoms with Gasteiger partial charge in [-0.1, -0.05) is 11.6 Å². The Morgan fingerprint density at radius 3 is 2.68 bits per heavy atom. The van der Waals surface area contributed by atoms with Crippen molar-refractivity contribution in [2.24, 2.45) is 0 Å². The molecular weight excluding hydrogens is 342 g/mol. The van der Waals surface area contributed by atoms with Gasteiger partial charge in [0.2, 0.25) is 0 Å². The van der Waals surface area contributed by atoms with Gasteiger partial charge in [0.05, 0.1) is 24.4 Å². The van der Waals surface area contributed by atoms with E-state index >= 15 is 0 Å². The molecule has 0 saturated carbocycles. The zero-order chi connectivity index (χ0) is 17.6. The molecule has 1 aromatic carbocycles. The molecule has 2 heterocycles. The number of benzene rings is 1. The number of esters is 1. The molecule has 0 N–H and O–H groups in total. The van der Waals surface area contributed by atoms with Crippen LogP contribution < -0.4 is 4.74 Å². The molecule has 0 atom stereocenters. The van der Waals surface area contributed by atoms with E-state index in [4.69, 9.17) is 21.1 Å². The molecule has 0 fully saturated rings. The van der Waals surface area contributed by atoms with Crippen molar-refractivity contribution in [2.75, 3.05) is 13.7 Å². The SMILES string of the molecule is COc1cc(-n2cccc2)c(Cl)cc1C(=O)OCCCn1cccn1. The van der Waals surface area contributed by atoms with Crippen molar-refractivity contribution >= 4 is 17.6 Å². The second-order valence-electron chi connectivity index (χ2n) is 5.35. The maximum Gasteiger partial charge on any atom is 0.341 e. The van der Waals surface area contributed by atoms with Gasteiger partial charge in [-0.05, 0) is 24.3 Å². The fourth-order valence-corrected chi connectivity index (χ4v) is 2.73. The number of carbonyl (C=O) groups excluding carboxylic acids is 1. The Labute approximate surface area is 150 Å². The fraction of sp³-hybridized carbons (Fsp3) is 0.222. The van der Waals surface area contributed by atoms with E-state index in [0.717, 1.165) is 5.69 Å². The molecule has 0 saturated heterocycles. The van der Waals surface area contributed by atoms with Crippen molar-refractivity contribution in [2.45, 2.75) is 13.0 Å².